The molecule has 0 radical (unpaired) electrons. The van der Waals surface area contributed by atoms with E-state index in [4.69, 9.17) is 23.7 Å². The molecule has 1 aliphatic carbocycles. The third kappa shape index (κ3) is 14.3. The van der Waals surface area contributed by atoms with Gasteiger partial charge in [0.2, 0.25) is 5.79 Å². The van der Waals surface area contributed by atoms with Crippen LogP contribution in [0.3, 0.4) is 0 Å². The maximum absolute atomic E-state index is 14.4. The number of rotatable bonds is 6. The maximum Gasteiger partial charge on any atom is 0.329 e. The predicted octanol–water partition coefficient (Wildman–Crippen LogP) is 6.18. The highest BCUT2D eigenvalue weighted by Crippen LogP contribution is 2.38. The number of allylic oxidation sites excluding steroid dienone is 6. The van der Waals surface area contributed by atoms with Gasteiger partial charge < -0.3 is 43.9 Å². The summed E-state index contributed by atoms with van der Waals surface area (Å²) < 4.78 is 29.4. The fraction of sp³-hybridized carbons (Fsp3) is 0.745. The topological polar surface area (TPSA) is 195 Å². The molecule has 4 aliphatic rings. The van der Waals surface area contributed by atoms with Crippen LogP contribution in [0, 0.1) is 35.5 Å². The first-order chi connectivity index (χ1) is 30.7. The third-order valence-electron chi connectivity index (χ3n) is 14.5. The van der Waals surface area contributed by atoms with Crippen molar-refractivity contribution in [2.75, 3.05) is 27.9 Å². The predicted molar refractivity (Wildman–Crippen MR) is 245 cm³/mol. The van der Waals surface area contributed by atoms with Gasteiger partial charge in [0.25, 0.3) is 11.7 Å². The van der Waals surface area contributed by atoms with Crippen LogP contribution < -0.4 is 0 Å². The first-order valence-corrected chi connectivity index (χ1v) is 23.9. The lowest BCUT2D eigenvalue weighted by molar-refractivity contribution is -0.265. The lowest BCUT2D eigenvalue weighted by Crippen LogP contribution is -2.61. The number of nitrogens with zero attached hydrogens (tertiary/aromatic N) is 1. The summed E-state index contributed by atoms with van der Waals surface area (Å²) in [6.07, 6.45) is 11.2. The second-order valence-corrected chi connectivity index (χ2v) is 19.6. The smallest absolute Gasteiger partial charge is 0.329 e. The molecular formula is C51H79NO13. The number of Topliss-reactive ketones (excluding diaryl/α,β-unsaturated/α-hetero) is 3. The molecule has 1 amide bonds. The van der Waals surface area contributed by atoms with Crippen LogP contribution in [0.2, 0.25) is 0 Å². The number of carbonyl (C=O) groups is 5. The van der Waals surface area contributed by atoms with Crippen LogP contribution >= 0.6 is 0 Å². The number of piperidine rings is 1. The van der Waals surface area contributed by atoms with Gasteiger partial charge in [0.05, 0.1) is 24.4 Å². The fourth-order valence-corrected chi connectivity index (χ4v) is 10.1. The summed E-state index contributed by atoms with van der Waals surface area (Å²) in [7, 11) is 4.52. The van der Waals surface area contributed by atoms with E-state index in [2.05, 4.69) is 0 Å². The molecule has 0 unspecified atom stereocenters. The number of ketones is 3. The van der Waals surface area contributed by atoms with Crippen molar-refractivity contribution in [2.24, 2.45) is 35.5 Å². The van der Waals surface area contributed by atoms with E-state index in [0.29, 0.717) is 63.4 Å². The largest absolute Gasteiger partial charge is 0.460 e. The molecule has 3 heterocycles. The van der Waals surface area contributed by atoms with Crippen LogP contribution in [0.25, 0.3) is 0 Å². The number of aliphatic hydroxyl groups excluding tert-OH is 2. The van der Waals surface area contributed by atoms with E-state index in [1.165, 1.54) is 12.0 Å². The number of carbonyl (C=O) groups excluding carboxylic acids is 5. The zero-order valence-corrected chi connectivity index (χ0v) is 40.6. The Morgan fingerprint density at radius 3 is 2.25 bits per heavy atom. The lowest BCUT2D eigenvalue weighted by atomic mass is 9.78. The molecule has 15 atom stereocenters. The first kappa shape index (κ1) is 54.2. The SMILES string of the molecule is CO[C@H]1C[C@@H]2CC[C@@H](C)[C@@](O)(O2)C(=O)C(=O)N2CCCC[C@H]2C(=O)O[C@H]([C@H](C)C[C@@H]2CC[C@@H](O)[C@H](OC)C2)CC(=O)[C@H](C)/C=C(\C)[C@@H](O)[C@H](OC)C(=O)[C@H](C)C[C@H](C)/C=C\C=CC=C1C. The molecule has 14 heteroatoms. The molecule has 4 rings (SSSR count). The molecule has 65 heavy (non-hydrogen) atoms. The molecule has 1 saturated carbocycles. The Morgan fingerprint density at radius 1 is 0.846 bits per heavy atom. The normalized spacial score (nSPS) is 39.1. The van der Waals surface area contributed by atoms with Gasteiger partial charge in [0.15, 0.2) is 5.78 Å². The van der Waals surface area contributed by atoms with Gasteiger partial charge in [-0.05, 0) is 107 Å². The maximum atomic E-state index is 14.4. The van der Waals surface area contributed by atoms with E-state index < -0.39 is 83.9 Å². The van der Waals surface area contributed by atoms with Crippen molar-refractivity contribution in [1.29, 1.82) is 0 Å². The highest BCUT2D eigenvalue weighted by Gasteiger charge is 2.53. The minimum absolute atomic E-state index is 0.0193. The molecule has 14 nitrogen and oxygen atoms in total. The molecule has 0 aromatic carbocycles. The van der Waals surface area contributed by atoms with Gasteiger partial charge in [-0.25, -0.2) is 4.79 Å². The van der Waals surface area contributed by atoms with Crippen molar-refractivity contribution >= 4 is 29.2 Å². The summed E-state index contributed by atoms with van der Waals surface area (Å²) >= 11 is 0. The molecule has 3 fully saturated rings. The number of ether oxygens (including phenoxy) is 5. The van der Waals surface area contributed by atoms with Gasteiger partial charge in [-0.2, -0.15) is 0 Å². The number of hydrogen-bond acceptors (Lipinski definition) is 13. The summed E-state index contributed by atoms with van der Waals surface area (Å²) in [6.45, 7) is 12.7. The number of methoxy groups -OCH3 is 3. The summed E-state index contributed by atoms with van der Waals surface area (Å²) in [5, 5.41) is 33.8. The Bertz CT molecular complexity index is 1760. The summed E-state index contributed by atoms with van der Waals surface area (Å²) in [5.74, 6) is -7.96. The van der Waals surface area contributed by atoms with Crippen LogP contribution in [-0.2, 0) is 47.7 Å². The van der Waals surface area contributed by atoms with Crippen molar-refractivity contribution in [3.63, 3.8) is 0 Å². The molecule has 0 spiro atoms. The quantitative estimate of drug-likeness (QED) is 0.156. The standard InChI is InChI=1S/C51H79NO13/c1-30-16-12-11-13-17-31(2)42(61-8)28-38-21-19-36(7)51(60,65-38)48(57)49(58)52-23-15-14-18-39(52)50(59)64-43(33(4)26-37-20-22-40(53)44(27-37)62-9)29-41(54)32(3)25-35(6)46(56)47(63-10)45(55)34(5)24-30/h11-13,16-17,25,30,32-34,36-40,42-44,46-47,53,56,60H,14-15,18-24,26-29H2,1-10H3/b13-11?,16-12-,31-17?,35-25+/t30-,32-,33-,34-,36-,37+,38+,39+,40-,42+,43+,44-,46-,47-,51-/m1/s1. The molecular weight excluding hydrogens is 835 g/mol. The lowest BCUT2D eigenvalue weighted by Gasteiger charge is -2.42. The number of esters is 1. The van der Waals surface area contributed by atoms with Crippen molar-refractivity contribution in [3.05, 3.63) is 47.6 Å². The average molecular weight is 914 g/mol. The second kappa shape index (κ2) is 25.1. The van der Waals surface area contributed by atoms with Crippen LogP contribution in [0.4, 0.5) is 0 Å². The molecule has 2 bridgehead atoms. The number of fused-ring (bicyclic) bond motifs is 3. The van der Waals surface area contributed by atoms with E-state index in [9.17, 15) is 39.3 Å². The van der Waals surface area contributed by atoms with Gasteiger partial charge in [0.1, 0.15) is 30.1 Å². The van der Waals surface area contributed by atoms with E-state index in [-0.39, 0.29) is 54.8 Å². The Kier molecular flexibility index (Phi) is 21.0. The van der Waals surface area contributed by atoms with Crippen LogP contribution in [0.1, 0.15) is 126 Å². The van der Waals surface area contributed by atoms with Gasteiger partial charge in [-0.3, -0.25) is 19.2 Å². The summed E-state index contributed by atoms with van der Waals surface area (Å²) in [6, 6.07) is -1.14. The van der Waals surface area contributed by atoms with Crippen molar-refractivity contribution < 1.29 is 63.0 Å². The summed E-state index contributed by atoms with van der Waals surface area (Å²) in [5.41, 5.74) is 1.27. The summed E-state index contributed by atoms with van der Waals surface area (Å²) in [4.78, 5) is 71.8. The third-order valence-corrected chi connectivity index (χ3v) is 14.5. The van der Waals surface area contributed by atoms with Crippen LogP contribution in [-0.4, -0.2) is 132 Å². The van der Waals surface area contributed by atoms with Crippen molar-refractivity contribution in [2.45, 2.75) is 180 Å². The molecule has 366 valence electrons. The van der Waals surface area contributed by atoms with E-state index in [0.717, 1.165) is 12.0 Å². The Labute approximate surface area is 387 Å². The van der Waals surface area contributed by atoms with Crippen molar-refractivity contribution in [1.82, 2.24) is 4.90 Å². The molecule has 3 N–H and O–H groups in total. The highest BCUT2D eigenvalue weighted by atomic mass is 16.6. The van der Waals surface area contributed by atoms with Gasteiger partial charge in [-0.1, -0.05) is 71.1 Å². The first-order valence-electron chi connectivity index (χ1n) is 23.9. The van der Waals surface area contributed by atoms with E-state index in [1.54, 1.807) is 41.1 Å². The van der Waals surface area contributed by atoms with Gasteiger partial charge in [-0.15, -0.1) is 0 Å². The zero-order chi connectivity index (χ0) is 48.2. The van der Waals surface area contributed by atoms with Crippen LogP contribution in [0.5, 0.6) is 0 Å². The Morgan fingerprint density at radius 2 is 1.57 bits per heavy atom. The minimum Gasteiger partial charge on any atom is -0.460 e. The van der Waals surface area contributed by atoms with E-state index in [1.807, 2.05) is 58.1 Å². The number of cyclic esters (lactones) is 1. The average Bonchev–Trinajstić information content (AvgIpc) is 3.28. The van der Waals surface area contributed by atoms with Crippen molar-refractivity contribution in [3.8, 4) is 0 Å². The second-order valence-electron chi connectivity index (χ2n) is 19.6. The highest BCUT2D eigenvalue weighted by molar-refractivity contribution is 6.39. The molecule has 2 saturated heterocycles. The zero-order valence-electron chi connectivity index (χ0n) is 40.6. The Balaban J connectivity index is 1.70. The molecule has 0 aromatic rings. The van der Waals surface area contributed by atoms with E-state index >= 15 is 0 Å². The van der Waals surface area contributed by atoms with Gasteiger partial charge >= 0.3 is 5.97 Å². The fourth-order valence-electron chi connectivity index (χ4n) is 10.1. The van der Waals surface area contributed by atoms with Gasteiger partial charge in [0, 0.05) is 58.5 Å². The Hall–Kier alpha value is -3.37. The monoisotopic (exact) mass is 914 g/mol. The molecule has 3 aliphatic heterocycles. The number of aliphatic hydroxyl groups is 3. The minimum atomic E-state index is -2.43. The number of hydrogen-bond donors (Lipinski definition) is 3. The molecule has 0 aromatic heterocycles. The van der Waals surface area contributed by atoms with Crippen LogP contribution in [0.15, 0.2) is 47.6 Å². The number of amides is 1.